The van der Waals surface area contributed by atoms with E-state index in [0.717, 1.165) is 0 Å². The first-order valence-corrected chi connectivity index (χ1v) is 8.22. The molecule has 0 aliphatic carbocycles. The molecule has 0 unspecified atom stereocenters. The third-order valence-electron chi connectivity index (χ3n) is 3.09. The first-order chi connectivity index (χ1) is 12.0. The van der Waals surface area contributed by atoms with Gasteiger partial charge in [0.25, 0.3) is 5.91 Å². The number of rotatable bonds is 8. The molecule has 6 nitrogen and oxygen atoms in total. The minimum atomic E-state index is -0.307. The number of ether oxygens (including phenoxy) is 3. The number of amides is 1. The quantitative estimate of drug-likeness (QED) is 0.721. The molecule has 2 rings (SSSR count). The van der Waals surface area contributed by atoms with Crippen molar-refractivity contribution in [2.45, 2.75) is 20.0 Å². The van der Waals surface area contributed by atoms with Crippen molar-refractivity contribution in [1.82, 2.24) is 4.98 Å². The Morgan fingerprint density at radius 3 is 2.56 bits per heavy atom. The molecule has 2 aromatic rings. The average Bonchev–Trinajstić information content (AvgIpc) is 2.58. The van der Waals surface area contributed by atoms with Gasteiger partial charge >= 0.3 is 0 Å². The molecular formula is C18H21ClN2O4. The molecule has 0 fully saturated rings. The Hall–Kier alpha value is -2.31. The van der Waals surface area contributed by atoms with Crippen molar-refractivity contribution >= 4 is 23.2 Å². The third kappa shape index (κ3) is 5.92. The van der Waals surface area contributed by atoms with Crippen LogP contribution in [0, 0.1) is 0 Å². The molecule has 1 N–H and O–H groups in total. The van der Waals surface area contributed by atoms with Crippen molar-refractivity contribution in [2.75, 3.05) is 25.6 Å². The van der Waals surface area contributed by atoms with E-state index >= 15 is 0 Å². The van der Waals surface area contributed by atoms with Gasteiger partial charge in [0.2, 0.25) is 5.88 Å². The van der Waals surface area contributed by atoms with Gasteiger partial charge in [0.15, 0.2) is 0 Å². The molecule has 0 spiro atoms. The largest absolute Gasteiger partial charge is 0.491 e. The Balaban J connectivity index is 1.98. The minimum Gasteiger partial charge on any atom is -0.491 e. The van der Waals surface area contributed by atoms with E-state index in [1.54, 1.807) is 31.4 Å². The number of hydrogen-bond acceptors (Lipinski definition) is 5. The second-order valence-electron chi connectivity index (χ2n) is 5.50. The maximum atomic E-state index is 12.3. The fraction of sp³-hybridized carbons (Fsp3) is 0.333. The van der Waals surface area contributed by atoms with Crippen LogP contribution >= 0.6 is 11.6 Å². The Labute approximate surface area is 152 Å². The maximum absolute atomic E-state index is 12.3. The van der Waals surface area contributed by atoms with Crippen molar-refractivity contribution in [1.29, 1.82) is 0 Å². The van der Waals surface area contributed by atoms with E-state index in [0.29, 0.717) is 41.1 Å². The van der Waals surface area contributed by atoms with Crippen LogP contribution in [0.2, 0.25) is 5.02 Å². The SMILES string of the molecule is COCCOc1ccc(NC(=O)c2cnc(OC(C)C)c(Cl)c2)cc1. The number of halogens is 1. The zero-order valence-electron chi connectivity index (χ0n) is 14.4. The fourth-order valence-corrected chi connectivity index (χ4v) is 2.15. The summed E-state index contributed by atoms with van der Waals surface area (Å²) in [6, 6.07) is 8.59. The predicted molar refractivity (Wildman–Crippen MR) is 96.8 cm³/mol. The van der Waals surface area contributed by atoms with Crippen LogP contribution in [0.4, 0.5) is 5.69 Å². The number of nitrogens with zero attached hydrogens (tertiary/aromatic N) is 1. The number of nitrogens with one attached hydrogen (secondary N) is 1. The van der Waals surface area contributed by atoms with Gasteiger partial charge in [-0.15, -0.1) is 0 Å². The zero-order chi connectivity index (χ0) is 18.2. The lowest BCUT2D eigenvalue weighted by molar-refractivity contribution is 0.102. The molecule has 0 radical (unpaired) electrons. The summed E-state index contributed by atoms with van der Waals surface area (Å²) in [5.74, 6) is 0.708. The molecule has 7 heteroatoms. The first kappa shape index (κ1) is 19.0. The van der Waals surface area contributed by atoms with Crippen LogP contribution in [0.5, 0.6) is 11.6 Å². The van der Waals surface area contributed by atoms with Gasteiger partial charge in [-0.25, -0.2) is 4.98 Å². The van der Waals surface area contributed by atoms with Crippen LogP contribution in [0.25, 0.3) is 0 Å². The van der Waals surface area contributed by atoms with Gasteiger partial charge in [-0.1, -0.05) is 11.6 Å². The van der Waals surface area contributed by atoms with Gasteiger partial charge in [-0.05, 0) is 44.2 Å². The summed E-state index contributed by atoms with van der Waals surface area (Å²) in [7, 11) is 1.62. The second kappa shape index (κ2) is 9.25. The van der Waals surface area contributed by atoms with Crippen molar-refractivity contribution in [3.63, 3.8) is 0 Å². The van der Waals surface area contributed by atoms with Crippen molar-refractivity contribution in [3.05, 3.63) is 47.1 Å². The van der Waals surface area contributed by atoms with Crippen LogP contribution < -0.4 is 14.8 Å². The number of methoxy groups -OCH3 is 1. The highest BCUT2D eigenvalue weighted by Gasteiger charge is 2.12. The van der Waals surface area contributed by atoms with Crippen molar-refractivity contribution in [3.8, 4) is 11.6 Å². The molecule has 0 atom stereocenters. The number of pyridine rings is 1. The standard InChI is InChI=1S/C18H21ClN2O4/c1-12(2)25-18-16(19)10-13(11-20-18)17(22)21-14-4-6-15(7-5-14)24-9-8-23-3/h4-7,10-12H,8-9H2,1-3H3,(H,21,22). The summed E-state index contributed by atoms with van der Waals surface area (Å²) >= 11 is 6.11. The number of carbonyl (C=O) groups excluding carboxylic acids is 1. The van der Waals surface area contributed by atoms with Gasteiger partial charge in [0, 0.05) is 19.0 Å². The summed E-state index contributed by atoms with van der Waals surface area (Å²) < 4.78 is 15.8. The summed E-state index contributed by atoms with van der Waals surface area (Å²) in [5.41, 5.74) is 0.990. The van der Waals surface area contributed by atoms with Gasteiger partial charge in [0.05, 0.1) is 18.3 Å². The summed E-state index contributed by atoms with van der Waals surface area (Å²) in [5, 5.41) is 3.08. The van der Waals surface area contributed by atoms with Crippen molar-refractivity contribution in [2.24, 2.45) is 0 Å². The summed E-state index contributed by atoms with van der Waals surface area (Å²) in [6.45, 7) is 4.74. The molecule has 1 aromatic heterocycles. The zero-order valence-corrected chi connectivity index (χ0v) is 15.2. The minimum absolute atomic E-state index is 0.0469. The lowest BCUT2D eigenvalue weighted by atomic mass is 10.2. The highest BCUT2D eigenvalue weighted by molar-refractivity contribution is 6.32. The number of carbonyl (C=O) groups is 1. The van der Waals surface area contributed by atoms with Gasteiger partial charge < -0.3 is 19.5 Å². The van der Waals surface area contributed by atoms with Crippen LogP contribution in [-0.2, 0) is 4.74 Å². The summed E-state index contributed by atoms with van der Waals surface area (Å²) in [4.78, 5) is 16.4. The molecule has 134 valence electrons. The topological polar surface area (TPSA) is 69.7 Å². The van der Waals surface area contributed by atoms with Gasteiger partial charge in [-0.2, -0.15) is 0 Å². The summed E-state index contributed by atoms with van der Waals surface area (Å²) in [6.07, 6.45) is 1.38. The van der Waals surface area contributed by atoms with Crippen molar-refractivity contribution < 1.29 is 19.0 Å². The van der Waals surface area contributed by atoms with Gasteiger partial charge in [0.1, 0.15) is 17.4 Å². The van der Waals surface area contributed by atoms with E-state index < -0.39 is 0 Å². The Morgan fingerprint density at radius 1 is 1.24 bits per heavy atom. The number of aromatic nitrogens is 1. The van der Waals surface area contributed by atoms with E-state index in [2.05, 4.69) is 10.3 Å². The average molecular weight is 365 g/mol. The predicted octanol–water partition coefficient (Wildman–Crippen LogP) is 3.80. The van der Waals surface area contributed by atoms with Gasteiger partial charge in [-0.3, -0.25) is 4.79 Å². The highest BCUT2D eigenvalue weighted by Crippen LogP contribution is 2.24. The Kier molecular flexibility index (Phi) is 7.03. The first-order valence-electron chi connectivity index (χ1n) is 7.85. The molecule has 1 amide bonds. The molecule has 1 heterocycles. The molecule has 0 bridgehead atoms. The van der Waals surface area contributed by atoms with Crippen LogP contribution in [0.1, 0.15) is 24.2 Å². The molecule has 0 saturated carbocycles. The molecule has 1 aromatic carbocycles. The van der Waals surface area contributed by atoms with E-state index in [9.17, 15) is 4.79 Å². The van der Waals surface area contributed by atoms with E-state index in [-0.39, 0.29) is 12.0 Å². The molecule has 0 aliphatic rings. The Bertz CT molecular complexity index is 705. The van der Waals surface area contributed by atoms with E-state index in [1.165, 1.54) is 12.3 Å². The second-order valence-corrected chi connectivity index (χ2v) is 5.90. The van der Waals surface area contributed by atoms with Crippen LogP contribution in [0.3, 0.4) is 0 Å². The lowest BCUT2D eigenvalue weighted by Crippen LogP contribution is -2.13. The number of hydrogen-bond donors (Lipinski definition) is 1. The lowest BCUT2D eigenvalue weighted by Gasteiger charge is -2.11. The van der Waals surface area contributed by atoms with E-state index in [1.807, 2.05) is 13.8 Å². The molecule has 0 aliphatic heterocycles. The highest BCUT2D eigenvalue weighted by atomic mass is 35.5. The maximum Gasteiger partial charge on any atom is 0.257 e. The molecule has 25 heavy (non-hydrogen) atoms. The normalized spacial score (nSPS) is 10.6. The van der Waals surface area contributed by atoms with Crippen LogP contribution in [0.15, 0.2) is 36.5 Å². The smallest absolute Gasteiger partial charge is 0.257 e. The number of anilines is 1. The van der Waals surface area contributed by atoms with E-state index in [4.69, 9.17) is 25.8 Å². The Morgan fingerprint density at radius 2 is 1.96 bits per heavy atom. The number of benzene rings is 1. The molecule has 0 saturated heterocycles. The van der Waals surface area contributed by atoms with Crippen LogP contribution in [-0.4, -0.2) is 37.3 Å². The third-order valence-corrected chi connectivity index (χ3v) is 3.36. The monoisotopic (exact) mass is 364 g/mol. The fourth-order valence-electron chi connectivity index (χ4n) is 1.94. The molecular weight excluding hydrogens is 344 g/mol.